The smallest absolute Gasteiger partial charge is 0.119 e. The molecule has 0 spiro atoms. The second-order valence-corrected chi connectivity index (χ2v) is 5.79. The zero-order valence-corrected chi connectivity index (χ0v) is 13.2. The number of ether oxygens (including phenoxy) is 1. The van der Waals surface area contributed by atoms with Gasteiger partial charge in [-0.1, -0.05) is 51.7 Å². The first-order valence-corrected chi connectivity index (χ1v) is 8.18. The van der Waals surface area contributed by atoms with Crippen molar-refractivity contribution in [3.63, 3.8) is 0 Å². The van der Waals surface area contributed by atoms with Gasteiger partial charge in [0.1, 0.15) is 5.75 Å². The van der Waals surface area contributed by atoms with Crippen LogP contribution in [-0.2, 0) is 6.42 Å². The molecule has 0 fully saturated rings. The summed E-state index contributed by atoms with van der Waals surface area (Å²) in [5.74, 6) is 1.60. The monoisotopic (exact) mass is 277 g/mol. The fourth-order valence-electron chi connectivity index (χ4n) is 2.18. The average Bonchev–Trinajstić information content (AvgIpc) is 2.49. The van der Waals surface area contributed by atoms with Gasteiger partial charge in [0.05, 0.1) is 6.61 Å². The Balaban J connectivity index is 2.18. The molecule has 0 aliphatic carbocycles. The van der Waals surface area contributed by atoms with Crippen molar-refractivity contribution in [2.24, 2.45) is 11.7 Å². The largest absolute Gasteiger partial charge is 0.494 e. The maximum Gasteiger partial charge on any atom is 0.119 e. The molecule has 0 aliphatic rings. The van der Waals surface area contributed by atoms with E-state index in [-0.39, 0.29) is 0 Å². The topological polar surface area (TPSA) is 35.2 Å². The molecule has 1 aromatic rings. The Labute approximate surface area is 124 Å². The van der Waals surface area contributed by atoms with Crippen molar-refractivity contribution in [2.45, 2.75) is 58.8 Å². The molecular formula is C18H31NO. The Morgan fingerprint density at radius 3 is 2.40 bits per heavy atom. The number of benzene rings is 1. The quantitative estimate of drug-likeness (QED) is 0.602. The summed E-state index contributed by atoms with van der Waals surface area (Å²) in [6.07, 6.45) is 8.68. The van der Waals surface area contributed by atoms with Gasteiger partial charge >= 0.3 is 0 Å². The number of rotatable bonds is 11. The normalized spacial score (nSPS) is 12.3. The lowest BCUT2D eigenvalue weighted by atomic mass is 10.0. The average molecular weight is 277 g/mol. The predicted octanol–water partition coefficient (Wildman–Crippen LogP) is 4.56. The molecule has 1 atom stereocenters. The van der Waals surface area contributed by atoms with E-state index in [0.717, 1.165) is 38.2 Å². The standard InChI is InChI=1S/C18H31NO/c1-3-4-5-6-7-14-20-18-12-10-17(11-13-18)9-8-16(2)15-19/h10-13,16H,3-9,14-15,19H2,1-2H3. The summed E-state index contributed by atoms with van der Waals surface area (Å²) in [5, 5.41) is 0. The first kappa shape index (κ1) is 17.0. The van der Waals surface area contributed by atoms with Crippen molar-refractivity contribution in [3.05, 3.63) is 29.8 Å². The van der Waals surface area contributed by atoms with Crippen LogP contribution in [-0.4, -0.2) is 13.2 Å². The van der Waals surface area contributed by atoms with Crippen molar-refractivity contribution in [1.82, 2.24) is 0 Å². The number of hydrogen-bond donors (Lipinski definition) is 1. The first-order valence-electron chi connectivity index (χ1n) is 8.18. The molecule has 0 aliphatic heterocycles. The van der Waals surface area contributed by atoms with Crippen molar-refractivity contribution < 1.29 is 4.74 Å². The van der Waals surface area contributed by atoms with E-state index < -0.39 is 0 Å². The van der Waals surface area contributed by atoms with Crippen molar-refractivity contribution in [1.29, 1.82) is 0 Å². The molecule has 0 heterocycles. The summed E-state index contributed by atoms with van der Waals surface area (Å²) in [7, 11) is 0. The number of aryl methyl sites for hydroxylation is 1. The molecule has 114 valence electrons. The van der Waals surface area contributed by atoms with Gasteiger partial charge in [-0.15, -0.1) is 0 Å². The Bertz CT molecular complexity index is 334. The van der Waals surface area contributed by atoms with E-state index in [4.69, 9.17) is 10.5 Å². The fraction of sp³-hybridized carbons (Fsp3) is 0.667. The maximum atomic E-state index is 5.77. The highest BCUT2D eigenvalue weighted by atomic mass is 16.5. The first-order chi connectivity index (χ1) is 9.76. The summed E-state index contributed by atoms with van der Waals surface area (Å²) in [6.45, 7) is 6.06. The summed E-state index contributed by atoms with van der Waals surface area (Å²) >= 11 is 0. The number of unbranched alkanes of at least 4 members (excludes halogenated alkanes) is 4. The molecule has 2 heteroatoms. The molecule has 1 unspecified atom stereocenters. The predicted molar refractivity (Wildman–Crippen MR) is 87.2 cm³/mol. The zero-order valence-electron chi connectivity index (χ0n) is 13.2. The van der Waals surface area contributed by atoms with Crippen LogP contribution in [0.25, 0.3) is 0 Å². The van der Waals surface area contributed by atoms with Crippen LogP contribution in [0.3, 0.4) is 0 Å². The molecular weight excluding hydrogens is 246 g/mol. The van der Waals surface area contributed by atoms with Crippen LogP contribution in [0.1, 0.15) is 57.9 Å². The molecule has 2 N–H and O–H groups in total. The second kappa shape index (κ2) is 10.7. The van der Waals surface area contributed by atoms with Gasteiger partial charge < -0.3 is 10.5 Å². The van der Waals surface area contributed by atoms with E-state index in [2.05, 4.69) is 38.1 Å². The summed E-state index contributed by atoms with van der Waals surface area (Å²) in [5.41, 5.74) is 7.01. The third kappa shape index (κ3) is 7.54. The minimum Gasteiger partial charge on any atom is -0.494 e. The van der Waals surface area contributed by atoms with E-state index in [9.17, 15) is 0 Å². The van der Waals surface area contributed by atoms with E-state index in [1.165, 1.54) is 31.2 Å². The van der Waals surface area contributed by atoms with Gasteiger partial charge in [-0.2, -0.15) is 0 Å². The number of hydrogen-bond acceptors (Lipinski definition) is 2. The SMILES string of the molecule is CCCCCCCOc1ccc(CCC(C)CN)cc1. The van der Waals surface area contributed by atoms with E-state index in [1.54, 1.807) is 0 Å². The van der Waals surface area contributed by atoms with Crippen LogP contribution in [0.2, 0.25) is 0 Å². The minimum absolute atomic E-state index is 0.606. The van der Waals surface area contributed by atoms with Gasteiger partial charge in [0, 0.05) is 0 Å². The van der Waals surface area contributed by atoms with Crippen LogP contribution in [0, 0.1) is 5.92 Å². The molecule has 0 saturated carbocycles. The fourth-order valence-corrected chi connectivity index (χ4v) is 2.18. The summed E-state index contributed by atoms with van der Waals surface area (Å²) in [4.78, 5) is 0. The Hall–Kier alpha value is -1.02. The Morgan fingerprint density at radius 2 is 1.75 bits per heavy atom. The molecule has 0 saturated heterocycles. The van der Waals surface area contributed by atoms with Crippen LogP contribution in [0.15, 0.2) is 24.3 Å². The van der Waals surface area contributed by atoms with Crippen molar-refractivity contribution in [3.8, 4) is 5.75 Å². The minimum atomic E-state index is 0.606. The van der Waals surface area contributed by atoms with Crippen LogP contribution in [0.5, 0.6) is 5.75 Å². The maximum absolute atomic E-state index is 5.77. The van der Waals surface area contributed by atoms with Gasteiger partial charge in [0.25, 0.3) is 0 Å². The lowest BCUT2D eigenvalue weighted by molar-refractivity contribution is 0.304. The number of nitrogens with two attached hydrogens (primary N) is 1. The molecule has 0 radical (unpaired) electrons. The van der Waals surface area contributed by atoms with Crippen LogP contribution in [0.4, 0.5) is 0 Å². The Kier molecular flexibility index (Phi) is 9.14. The van der Waals surface area contributed by atoms with E-state index in [0.29, 0.717) is 5.92 Å². The summed E-state index contributed by atoms with van der Waals surface area (Å²) in [6, 6.07) is 8.54. The van der Waals surface area contributed by atoms with Crippen LogP contribution >= 0.6 is 0 Å². The van der Waals surface area contributed by atoms with Crippen molar-refractivity contribution in [2.75, 3.05) is 13.2 Å². The molecule has 1 rings (SSSR count). The van der Waals surface area contributed by atoms with Gasteiger partial charge in [-0.25, -0.2) is 0 Å². The Morgan fingerprint density at radius 1 is 1.05 bits per heavy atom. The molecule has 0 bridgehead atoms. The highest BCUT2D eigenvalue weighted by Gasteiger charge is 2.01. The van der Waals surface area contributed by atoms with E-state index >= 15 is 0 Å². The van der Waals surface area contributed by atoms with Crippen LogP contribution < -0.4 is 10.5 Å². The molecule has 0 amide bonds. The highest BCUT2D eigenvalue weighted by Crippen LogP contribution is 2.15. The lowest BCUT2D eigenvalue weighted by Gasteiger charge is -2.09. The molecule has 1 aromatic carbocycles. The van der Waals surface area contributed by atoms with Crippen molar-refractivity contribution >= 4 is 0 Å². The highest BCUT2D eigenvalue weighted by molar-refractivity contribution is 5.27. The lowest BCUT2D eigenvalue weighted by Crippen LogP contribution is -2.11. The molecule has 20 heavy (non-hydrogen) atoms. The van der Waals surface area contributed by atoms with Gasteiger partial charge in [-0.05, 0) is 49.4 Å². The third-order valence-corrected chi connectivity index (χ3v) is 3.77. The van der Waals surface area contributed by atoms with E-state index in [1.807, 2.05) is 0 Å². The van der Waals surface area contributed by atoms with Gasteiger partial charge in [0.2, 0.25) is 0 Å². The van der Waals surface area contributed by atoms with Gasteiger partial charge in [-0.3, -0.25) is 0 Å². The zero-order chi connectivity index (χ0) is 14.6. The van der Waals surface area contributed by atoms with Gasteiger partial charge in [0.15, 0.2) is 0 Å². The third-order valence-electron chi connectivity index (χ3n) is 3.77. The second-order valence-electron chi connectivity index (χ2n) is 5.79. The molecule has 0 aromatic heterocycles. The summed E-state index contributed by atoms with van der Waals surface area (Å²) < 4.78 is 5.77. The molecule has 2 nitrogen and oxygen atoms in total.